The smallest absolute Gasteiger partial charge is 0.315 e. The quantitative estimate of drug-likeness (QED) is 0.747. The fraction of sp³-hybridized carbons (Fsp3) is 0.500. The van der Waals surface area contributed by atoms with Crippen molar-refractivity contribution in [2.45, 2.75) is 25.3 Å². The Balaban J connectivity index is 2.03. The molecule has 1 aliphatic rings. The lowest BCUT2D eigenvalue weighted by Gasteiger charge is -2.19. The van der Waals surface area contributed by atoms with E-state index in [-0.39, 0.29) is 18.7 Å². The third kappa shape index (κ3) is 4.02. The summed E-state index contributed by atoms with van der Waals surface area (Å²) in [5.74, 6) is 0.732. The predicted octanol–water partition coefficient (Wildman–Crippen LogP) is 2.24. The van der Waals surface area contributed by atoms with E-state index in [0.29, 0.717) is 24.6 Å². The number of hydrogen-bond acceptors (Lipinski definition) is 3. The van der Waals surface area contributed by atoms with E-state index < -0.39 is 0 Å². The first-order valence-corrected chi connectivity index (χ1v) is 7.16. The van der Waals surface area contributed by atoms with Crippen molar-refractivity contribution in [2.75, 3.05) is 19.8 Å². The molecule has 3 N–H and O–H groups in total. The van der Waals surface area contributed by atoms with Gasteiger partial charge in [-0.1, -0.05) is 17.7 Å². The second kappa shape index (κ2) is 7.36. The summed E-state index contributed by atoms with van der Waals surface area (Å²) in [5, 5.41) is 15.0. The molecule has 1 aliphatic heterocycles. The fourth-order valence-electron chi connectivity index (χ4n) is 2.19. The lowest BCUT2D eigenvalue weighted by Crippen LogP contribution is -2.38. The standard InChI is InChI=1S/C14H19ClN2O3/c15-10-4-5-11-12(3-1-8-20-13(11)9-10)17-14(19)16-6-2-7-18/h4-5,9,12,18H,1-3,6-8H2,(H2,16,17,19). The maximum Gasteiger partial charge on any atom is 0.315 e. The van der Waals surface area contributed by atoms with E-state index in [1.807, 2.05) is 6.07 Å². The number of carbonyl (C=O) groups excluding carboxylic acids is 1. The minimum atomic E-state index is -0.230. The van der Waals surface area contributed by atoms with Crippen molar-refractivity contribution in [1.82, 2.24) is 10.6 Å². The second-order valence-corrected chi connectivity index (χ2v) is 5.14. The molecule has 6 heteroatoms. The van der Waals surface area contributed by atoms with Crippen LogP contribution in [0, 0.1) is 0 Å². The van der Waals surface area contributed by atoms with Crippen LogP contribution in [-0.2, 0) is 0 Å². The van der Waals surface area contributed by atoms with Crippen LogP contribution in [0.4, 0.5) is 4.79 Å². The van der Waals surface area contributed by atoms with Crippen molar-refractivity contribution >= 4 is 17.6 Å². The molecule has 0 fully saturated rings. The third-order valence-corrected chi connectivity index (χ3v) is 3.41. The van der Waals surface area contributed by atoms with Gasteiger partial charge in [0.15, 0.2) is 0 Å². The van der Waals surface area contributed by atoms with Crippen LogP contribution in [0.3, 0.4) is 0 Å². The van der Waals surface area contributed by atoms with Crippen molar-refractivity contribution in [3.8, 4) is 5.75 Å². The number of ether oxygens (including phenoxy) is 1. The number of fused-ring (bicyclic) bond motifs is 1. The summed E-state index contributed by atoms with van der Waals surface area (Å²) in [6, 6.07) is 5.15. The molecular formula is C14H19ClN2O3. The Hall–Kier alpha value is -1.46. The van der Waals surface area contributed by atoms with Crippen LogP contribution in [-0.4, -0.2) is 30.9 Å². The Morgan fingerprint density at radius 2 is 2.35 bits per heavy atom. The average Bonchev–Trinajstić information content (AvgIpc) is 2.61. The summed E-state index contributed by atoms with van der Waals surface area (Å²) in [6.07, 6.45) is 2.24. The highest BCUT2D eigenvalue weighted by atomic mass is 35.5. The number of urea groups is 1. The molecule has 1 heterocycles. The maximum atomic E-state index is 11.8. The van der Waals surface area contributed by atoms with E-state index in [9.17, 15) is 4.79 Å². The molecule has 20 heavy (non-hydrogen) atoms. The maximum absolute atomic E-state index is 11.8. The third-order valence-electron chi connectivity index (χ3n) is 3.17. The molecule has 2 amide bonds. The fourth-order valence-corrected chi connectivity index (χ4v) is 2.35. The minimum absolute atomic E-state index is 0.0683. The number of aliphatic hydroxyl groups is 1. The van der Waals surface area contributed by atoms with Gasteiger partial charge in [0.2, 0.25) is 0 Å². The highest BCUT2D eigenvalue weighted by Gasteiger charge is 2.21. The van der Waals surface area contributed by atoms with E-state index in [2.05, 4.69) is 10.6 Å². The molecule has 1 aromatic rings. The molecule has 0 aromatic heterocycles. The second-order valence-electron chi connectivity index (χ2n) is 4.70. The van der Waals surface area contributed by atoms with Crippen molar-refractivity contribution in [3.05, 3.63) is 28.8 Å². The Bertz CT molecular complexity index is 468. The van der Waals surface area contributed by atoms with Crippen LogP contribution in [0.2, 0.25) is 5.02 Å². The zero-order valence-corrected chi connectivity index (χ0v) is 11.9. The molecule has 1 atom stereocenters. The van der Waals surface area contributed by atoms with Crippen molar-refractivity contribution < 1.29 is 14.6 Å². The molecule has 0 spiro atoms. The number of halogens is 1. The Kier molecular flexibility index (Phi) is 5.49. The SMILES string of the molecule is O=C(NCCCO)NC1CCCOc2cc(Cl)ccc21. The summed E-state index contributed by atoms with van der Waals surface area (Å²) in [7, 11) is 0. The minimum Gasteiger partial charge on any atom is -0.493 e. The number of aliphatic hydroxyl groups excluding tert-OH is 1. The molecule has 0 radical (unpaired) electrons. The average molecular weight is 299 g/mol. The lowest BCUT2D eigenvalue weighted by atomic mass is 10.0. The number of hydrogen-bond donors (Lipinski definition) is 3. The highest BCUT2D eigenvalue weighted by molar-refractivity contribution is 6.30. The van der Waals surface area contributed by atoms with Gasteiger partial charge < -0.3 is 20.5 Å². The number of benzene rings is 1. The van der Waals surface area contributed by atoms with Gasteiger partial charge in [-0.25, -0.2) is 4.79 Å². The Labute approximate surface area is 123 Å². The molecule has 110 valence electrons. The lowest BCUT2D eigenvalue weighted by molar-refractivity contribution is 0.233. The zero-order chi connectivity index (χ0) is 14.4. The Morgan fingerprint density at radius 3 is 3.15 bits per heavy atom. The van der Waals surface area contributed by atoms with E-state index in [1.165, 1.54) is 0 Å². The van der Waals surface area contributed by atoms with Crippen LogP contribution in [0.1, 0.15) is 30.9 Å². The predicted molar refractivity (Wildman–Crippen MR) is 77.2 cm³/mol. The van der Waals surface area contributed by atoms with Gasteiger partial charge in [-0.15, -0.1) is 0 Å². The highest BCUT2D eigenvalue weighted by Crippen LogP contribution is 2.33. The van der Waals surface area contributed by atoms with E-state index in [1.54, 1.807) is 12.1 Å². The van der Waals surface area contributed by atoms with Gasteiger partial charge in [-0.3, -0.25) is 0 Å². The van der Waals surface area contributed by atoms with Gasteiger partial charge >= 0.3 is 6.03 Å². The van der Waals surface area contributed by atoms with Crippen LogP contribution >= 0.6 is 11.6 Å². The van der Waals surface area contributed by atoms with Crippen molar-refractivity contribution in [3.63, 3.8) is 0 Å². The van der Waals surface area contributed by atoms with Gasteiger partial charge in [0.25, 0.3) is 0 Å². The topological polar surface area (TPSA) is 70.6 Å². The van der Waals surface area contributed by atoms with E-state index in [0.717, 1.165) is 24.2 Å². The molecule has 0 aliphatic carbocycles. The summed E-state index contributed by atoms with van der Waals surface area (Å²) in [5.41, 5.74) is 0.948. The summed E-state index contributed by atoms with van der Waals surface area (Å²) in [6.45, 7) is 1.15. The normalized spacial score (nSPS) is 17.6. The Morgan fingerprint density at radius 1 is 1.50 bits per heavy atom. The first-order chi connectivity index (χ1) is 9.70. The molecule has 0 saturated heterocycles. The molecule has 1 unspecified atom stereocenters. The molecule has 0 saturated carbocycles. The number of nitrogens with one attached hydrogen (secondary N) is 2. The van der Waals surface area contributed by atoms with E-state index in [4.69, 9.17) is 21.4 Å². The molecule has 1 aromatic carbocycles. The first-order valence-electron chi connectivity index (χ1n) is 6.78. The van der Waals surface area contributed by atoms with Gasteiger partial charge in [-0.2, -0.15) is 0 Å². The number of rotatable bonds is 4. The van der Waals surface area contributed by atoms with Crippen molar-refractivity contribution in [1.29, 1.82) is 0 Å². The molecular weight excluding hydrogens is 280 g/mol. The van der Waals surface area contributed by atoms with Crippen LogP contribution < -0.4 is 15.4 Å². The van der Waals surface area contributed by atoms with Gasteiger partial charge in [0, 0.05) is 23.7 Å². The molecule has 0 bridgehead atoms. The molecule has 5 nitrogen and oxygen atoms in total. The van der Waals surface area contributed by atoms with Gasteiger partial charge in [0.1, 0.15) is 5.75 Å². The molecule has 2 rings (SSSR count). The number of amides is 2. The zero-order valence-electron chi connectivity index (χ0n) is 11.2. The largest absolute Gasteiger partial charge is 0.493 e. The van der Waals surface area contributed by atoms with E-state index >= 15 is 0 Å². The monoisotopic (exact) mass is 298 g/mol. The first kappa shape index (κ1) is 14.9. The van der Waals surface area contributed by atoms with Crippen LogP contribution in [0.15, 0.2) is 18.2 Å². The van der Waals surface area contributed by atoms with Gasteiger partial charge in [0.05, 0.1) is 12.6 Å². The summed E-state index contributed by atoms with van der Waals surface area (Å²) >= 11 is 5.96. The van der Waals surface area contributed by atoms with Gasteiger partial charge in [-0.05, 0) is 31.4 Å². The van der Waals surface area contributed by atoms with Crippen LogP contribution in [0.5, 0.6) is 5.75 Å². The van der Waals surface area contributed by atoms with Crippen molar-refractivity contribution in [2.24, 2.45) is 0 Å². The number of carbonyl (C=O) groups is 1. The van der Waals surface area contributed by atoms with Crippen LogP contribution in [0.25, 0.3) is 0 Å². The summed E-state index contributed by atoms with van der Waals surface area (Å²) in [4.78, 5) is 11.8. The summed E-state index contributed by atoms with van der Waals surface area (Å²) < 4.78 is 5.65.